The van der Waals surface area contributed by atoms with Gasteiger partial charge in [-0.2, -0.15) is 13.2 Å². The molecule has 1 amide bonds. The minimum Gasteiger partial charge on any atom is -0.489 e. The molecule has 0 unspecified atom stereocenters. The lowest BCUT2D eigenvalue weighted by Gasteiger charge is -2.14. The summed E-state index contributed by atoms with van der Waals surface area (Å²) in [6.45, 7) is 2.35. The van der Waals surface area contributed by atoms with E-state index in [9.17, 15) is 18.0 Å². The molecule has 0 heterocycles. The van der Waals surface area contributed by atoms with Crippen LogP contribution in [0.25, 0.3) is 6.08 Å². The van der Waals surface area contributed by atoms with Gasteiger partial charge in [0, 0.05) is 13.2 Å². The van der Waals surface area contributed by atoms with Crippen molar-refractivity contribution in [1.82, 2.24) is 0 Å². The molecule has 2 aromatic rings. The van der Waals surface area contributed by atoms with Crippen molar-refractivity contribution in [3.63, 3.8) is 0 Å². The van der Waals surface area contributed by atoms with E-state index in [-0.39, 0.29) is 24.7 Å². The van der Waals surface area contributed by atoms with Crippen LogP contribution in [0.15, 0.2) is 48.5 Å². The number of alkyl halides is 3. The number of nitrogens with one attached hydrogen (secondary N) is 1. The number of carbonyl (C=O) groups is 1. The van der Waals surface area contributed by atoms with Crippen LogP contribution >= 0.6 is 0 Å². The fourth-order valence-electron chi connectivity index (χ4n) is 2.19. The standard InChI is InChI=1S/C20H20F3NO3/c1-14-3-5-15(6-4-14)7-10-19(25)24-17-13-16(20(21,22)23)8-9-18(17)27-12-11-26-2/h3-10,13H,11-12H2,1-2H3,(H,24,25)/b10-7+. The predicted molar refractivity (Wildman–Crippen MR) is 97.7 cm³/mol. The Bertz CT molecular complexity index is 799. The van der Waals surface area contributed by atoms with E-state index in [1.54, 1.807) is 6.08 Å². The number of halogens is 3. The maximum absolute atomic E-state index is 13.0. The van der Waals surface area contributed by atoms with Gasteiger partial charge in [-0.15, -0.1) is 0 Å². The number of amides is 1. The van der Waals surface area contributed by atoms with Crippen LogP contribution in [-0.4, -0.2) is 26.2 Å². The minimum absolute atomic E-state index is 0.0560. The highest BCUT2D eigenvalue weighted by Gasteiger charge is 2.31. The molecule has 0 aliphatic carbocycles. The molecule has 0 aliphatic rings. The van der Waals surface area contributed by atoms with Crippen LogP contribution in [0, 0.1) is 6.92 Å². The second-order valence-electron chi connectivity index (χ2n) is 5.78. The van der Waals surface area contributed by atoms with Gasteiger partial charge in [-0.25, -0.2) is 0 Å². The van der Waals surface area contributed by atoms with Gasteiger partial charge in [0.15, 0.2) is 0 Å². The largest absolute Gasteiger partial charge is 0.489 e. The molecule has 0 saturated carbocycles. The third-order valence-corrected chi connectivity index (χ3v) is 3.61. The van der Waals surface area contributed by atoms with Crippen LogP contribution in [0.3, 0.4) is 0 Å². The van der Waals surface area contributed by atoms with Crippen molar-refractivity contribution < 1.29 is 27.4 Å². The summed E-state index contributed by atoms with van der Waals surface area (Å²) in [4.78, 5) is 12.1. The van der Waals surface area contributed by atoms with Crippen LogP contribution in [0.1, 0.15) is 16.7 Å². The number of ether oxygens (including phenoxy) is 2. The first-order valence-electron chi connectivity index (χ1n) is 8.18. The first kappa shape index (κ1) is 20.5. The third-order valence-electron chi connectivity index (χ3n) is 3.61. The Kier molecular flexibility index (Phi) is 7.01. The van der Waals surface area contributed by atoms with Crippen molar-refractivity contribution in [1.29, 1.82) is 0 Å². The second kappa shape index (κ2) is 9.23. The normalized spacial score (nSPS) is 11.6. The Labute approximate surface area is 155 Å². The summed E-state index contributed by atoms with van der Waals surface area (Å²) < 4.78 is 49.1. The van der Waals surface area contributed by atoms with Crippen molar-refractivity contribution in [2.24, 2.45) is 0 Å². The van der Waals surface area contributed by atoms with Gasteiger partial charge >= 0.3 is 6.18 Å². The first-order chi connectivity index (χ1) is 12.8. The number of hydrogen-bond acceptors (Lipinski definition) is 3. The van der Waals surface area contributed by atoms with E-state index in [0.29, 0.717) is 0 Å². The highest BCUT2D eigenvalue weighted by molar-refractivity contribution is 6.02. The monoisotopic (exact) mass is 379 g/mol. The quantitative estimate of drug-likeness (QED) is 0.561. The van der Waals surface area contributed by atoms with Gasteiger partial charge in [0.05, 0.1) is 17.9 Å². The Morgan fingerprint density at radius 1 is 1.11 bits per heavy atom. The lowest BCUT2D eigenvalue weighted by atomic mass is 10.1. The molecule has 2 rings (SSSR count). The maximum atomic E-state index is 13.0. The van der Waals surface area contributed by atoms with Crippen LogP contribution < -0.4 is 10.1 Å². The fraction of sp³-hybridized carbons (Fsp3) is 0.250. The van der Waals surface area contributed by atoms with Gasteiger partial charge in [0.1, 0.15) is 12.4 Å². The summed E-state index contributed by atoms with van der Waals surface area (Å²) >= 11 is 0. The van der Waals surface area contributed by atoms with Gasteiger partial charge in [-0.05, 0) is 36.8 Å². The number of carbonyl (C=O) groups excluding carboxylic acids is 1. The molecule has 2 aromatic carbocycles. The summed E-state index contributed by atoms with van der Waals surface area (Å²) in [5.41, 5.74) is 0.952. The van der Waals surface area contributed by atoms with Gasteiger partial charge in [0.25, 0.3) is 0 Å². The number of hydrogen-bond donors (Lipinski definition) is 1. The smallest absolute Gasteiger partial charge is 0.416 e. The van der Waals surface area contributed by atoms with E-state index in [0.717, 1.165) is 23.3 Å². The Balaban J connectivity index is 2.17. The van der Waals surface area contributed by atoms with E-state index in [1.807, 2.05) is 31.2 Å². The summed E-state index contributed by atoms with van der Waals surface area (Å²) in [5, 5.41) is 2.44. The topological polar surface area (TPSA) is 47.6 Å². The zero-order valence-corrected chi connectivity index (χ0v) is 15.0. The van der Waals surface area contributed by atoms with Crippen molar-refractivity contribution in [3.8, 4) is 5.75 Å². The molecule has 7 heteroatoms. The van der Waals surface area contributed by atoms with Crippen LogP contribution in [0.4, 0.5) is 18.9 Å². The molecule has 0 spiro atoms. The molecule has 0 fully saturated rings. The van der Waals surface area contributed by atoms with Crippen molar-refractivity contribution in [2.45, 2.75) is 13.1 Å². The summed E-state index contributed by atoms with van der Waals surface area (Å²) in [5.74, 6) is -0.427. The highest BCUT2D eigenvalue weighted by Crippen LogP contribution is 2.35. The molecule has 27 heavy (non-hydrogen) atoms. The van der Waals surface area contributed by atoms with E-state index < -0.39 is 17.6 Å². The Hall–Kier alpha value is -2.80. The lowest BCUT2D eigenvalue weighted by molar-refractivity contribution is -0.137. The van der Waals surface area contributed by atoms with Crippen molar-refractivity contribution in [2.75, 3.05) is 25.6 Å². The zero-order chi connectivity index (χ0) is 19.9. The van der Waals surface area contributed by atoms with Gasteiger partial charge < -0.3 is 14.8 Å². The predicted octanol–water partition coefficient (Wildman–Crippen LogP) is 4.69. The molecule has 4 nitrogen and oxygen atoms in total. The van der Waals surface area contributed by atoms with Gasteiger partial charge in [-0.3, -0.25) is 4.79 Å². The van der Waals surface area contributed by atoms with Gasteiger partial charge in [-0.1, -0.05) is 29.8 Å². The molecular formula is C20H20F3NO3. The molecule has 1 N–H and O–H groups in total. The molecule has 0 aromatic heterocycles. The van der Waals surface area contributed by atoms with Crippen LogP contribution in [-0.2, 0) is 15.7 Å². The molecule has 0 saturated heterocycles. The highest BCUT2D eigenvalue weighted by atomic mass is 19.4. The third kappa shape index (κ3) is 6.45. The zero-order valence-electron chi connectivity index (χ0n) is 15.0. The van der Waals surface area contributed by atoms with E-state index in [1.165, 1.54) is 19.3 Å². The molecule has 144 valence electrons. The van der Waals surface area contributed by atoms with E-state index in [4.69, 9.17) is 9.47 Å². The average molecular weight is 379 g/mol. The number of benzene rings is 2. The number of anilines is 1. The molecular weight excluding hydrogens is 359 g/mol. The summed E-state index contributed by atoms with van der Waals surface area (Å²) in [6.07, 6.45) is -1.69. The number of aryl methyl sites for hydroxylation is 1. The van der Waals surface area contributed by atoms with Crippen LogP contribution in [0.5, 0.6) is 5.75 Å². The number of methoxy groups -OCH3 is 1. The lowest BCUT2D eigenvalue weighted by Crippen LogP contribution is -2.13. The summed E-state index contributed by atoms with van der Waals surface area (Å²) in [7, 11) is 1.48. The number of rotatable bonds is 7. The van der Waals surface area contributed by atoms with E-state index >= 15 is 0 Å². The van der Waals surface area contributed by atoms with Gasteiger partial charge in [0.2, 0.25) is 5.91 Å². The Morgan fingerprint density at radius 3 is 2.44 bits per heavy atom. The molecule has 0 radical (unpaired) electrons. The first-order valence-corrected chi connectivity index (χ1v) is 8.18. The summed E-state index contributed by atoms with van der Waals surface area (Å²) in [6, 6.07) is 10.4. The molecule has 0 bridgehead atoms. The second-order valence-corrected chi connectivity index (χ2v) is 5.78. The fourth-order valence-corrected chi connectivity index (χ4v) is 2.19. The molecule has 0 aliphatic heterocycles. The van der Waals surface area contributed by atoms with E-state index in [2.05, 4.69) is 5.32 Å². The average Bonchev–Trinajstić information content (AvgIpc) is 2.62. The minimum atomic E-state index is -4.53. The Morgan fingerprint density at radius 2 is 1.81 bits per heavy atom. The SMILES string of the molecule is COCCOc1ccc(C(F)(F)F)cc1NC(=O)/C=C/c1ccc(C)cc1. The van der Waals surface area contributed by atoms with Crippen LogP contribution in [0.2, 0.25) is 0 Å². The maximum Gasteiger partial charge on any atom is 0.416 e. The van der Waals surface area contributed by atoms with Crippen molar-refractivity contribution >= 4 is 17.7 Å². The molecule has 0 atom stereocenters. The van der Waals surface area contributed by atoms with Crippen molar-refractivity contribution in [3.05, 3.63) is 65.2 Å².